The fourth-order valence-electron chi connectivity index (χ4n) is 6.21. The molecule has 0 spiro atoms. The summed E-state index contributed by atoms with van der Waals surface area (Å²) in [6.07, 6.45) is 7.29. The molecule has 0 amide bonds. The van der Waals surface area contributed by atoms with Crippen molar-refractivity contribution in [3.8, 4) is 47.3 Å². The summed E-state index contributed by atoms with van der Waals surface area (Å²) in [5.74, 6) is 2.40. The minimum Gasteiger partial charge on any atom is -0.486 e. The maximum Gasteiger partial charge on any atom is 0.161 e. The summed E-state index contributed by atoms with van der Waals surface area (Å²) < 4.78 is 22.8. The Morgan fingerprint density at radius 1 is 0.455 bits per heavy atom. The van der Waals surface area contributed by atoms with E-state index in [1.807, 2.05) is 127 Å². The molecule has 5 aromatic rings. The summed E-state index contributed by atoms with van der Waals surface area (Å²) >= 11 is 0. The van der Waals surface area contributed by atoms with Crippen LogP contribution in [0.4, 0.5) is 17.1 Å². The van der Waals surface area contributed by atoms with E-state index < -0.39 is 0 Å². The number of para-hydroxylation sites is 1. The fraction of sp³-hybridized carbons (Fsp3) is 0.0870. The third kappa shape index (κ3) is 7.93. The Morgan fingerprint density at radius 3 is 1.24 bits per heavy atom. The van der Waals surface area contributed by atoms with Gasteiger partial charge in [0.05, 0.1) is 0 Å². The zero-order chi connectivity index (χ0) is 38.0. The maximum atomic E-state index is 9.74. The van der Waals surface area contributed by atoms with Crippen molar-refractivity contribution < 1.29 is 18.9 Å². The molecule has 5 aromatic carbocycles. The number of fused-ring (bicyclic) bond motifs is 2. The number of nitriles is 4. The molecule has 9 nitrogen and oxygen atoms in total. The van der Waals surface area contributed by atoms with E-state index in [4.69, 9.17) is 18.9 Å². The van der Waals surface area contributed by atoms with E-state index >= 15 is 0 Å². The van der Waals surface area contributed by atoms with Gasteiger partial charge >= 0.3 is 0 Å². The lowest BCUT2D eigenvalue weighted by Gasteiger charge is -2.25. The van der Waals surface area contributed by atoms with Crippen LogP contribution in [0.1, 0.15) is 22.3 Å². The highest BCUT2D eigenvalue weighted by molar-refractivity contribution is 5.88. The largest absolute Gasteiger partial charge is 0.486 e. The van der Waals surface area contributed by atoms with Crippen LogP contribution in [0.2, 0.25) is 0 Å². The topological polar surface area (TPSA) is 135 Å². The van der Waals surface area contributed by atoms with Crippen molar-refractivity contribution >= 4 is 40.4 Å². The van der Waals surface area contributed by atoms with Crippen molar-refractivity contribution in [2.45, 2.75) is 0 Å². The Kier molecular flexibility index (Phi) is 10.7. The van der Waals surface area contributed by atoms with Crippen molar-refractivity contribution in [1.29, 1.82) is 21.0 Å². The molecule has 0 fully saturated rings. The Bertz CT molecular complexity index is 2330. The van der Waals surface area contributed by atoms with E-state index in [-0.39, 0.29) is 11.1 Å². The fourth-order valence-corrected chi connectivity index (χ4v) is 6.21. The molecule has 55 heavy (non-hydrogen) atoms. The first-order valence-electron chi connectivity index (χ1n) is 17.4. The Hall–Kier alpha value is -7.98. The predicted molar refractivity (Wildman–Crippen MR) is 210 cm³/mol. The number of nitrogens with zero attached hydrogens (tertiary/aromatic N) is 5. The zero-order valence-electron chi connectivity index (χ0n) is 29.5. The van der Waals surface area contributed by atoms with E-state index in [0.717, 1.165) is 28.2 Å². The van der Waals surface area contributed by atoms with Crippen LogP contribution < -0.4 is 23.8 Å². The maximum absolute atomic E-state index is 9.74. The van der Waals surface area contributed by atoms with E-state index in [1.54, 1.807) is 36.4 Å². The van der Waals surface area contributed by atoms with Crippen molar-refractivity contribution in [1.82, 2.24) is 0 Å². The first kappa shape index (κ1) is 35.4. The predicted octanol–water partition coefficient (Wildman–Crippen LogP) is 9.73. The van der Waals surface area contributed by atoms with Gasteiger partial charge in [0.15, 0.2) is 23.0 Å². The highest BCUT2D eigenvalue weighted by Crippen LogP contribution is 2.37. The minimum atomic E-state index is -0.00999. The zero-order valence-corrected chi connectivity index (χ0v) is 29.5. The molecule has 2 aliphatic heterocycles. The molecule has 2 heterocycles. The van der Waals surface area contributed by atoms with Crippen LogP contribution in [0.3, 0.4) is 0 Å². The van der Waals surface area contributed by atoms with Crippen LogP contribution in [0, 0.1) is 45.3 Å². The second-order valence-corrected chi connectivity index (χ2v) is 12.3. The molecule has 264 valence electrons. The second kappa shape index (κ2) is 16.6. The van der Waals surface area contributed by atoms with Crippen molar-refractivity contribution in [2.75, 3.05) is 31.3 Å². The molecule has 7 rings (SSSR count). The van der Waals surface area contributed by atoms with Gasteiger partial charge in [-0.25, -0.2) is 0 Å². The van der Waals surface area contributed by atoms with Crippen LogP contribution in [-0.2, 0) is 0 Å². The van der Waals surface area contributed by atoms with Gasteiger partial charge in [0.2, 0.25) is 0 Å². The van der Waals surface area contributed by atoms with Crippen LogP contribution in [0.15, 0.2) is 139 Å². The van der Waals surface area contributed by atoms with Gasteiger partial charge in [-0.15, -0.1) is 0 Å². The van der Waals surface area contributed by atoms with Gasteiger partial charge in [-0.3, -0.25) is 0 Å². The molecule has 0 saturated carbocycles. The smallest absolute Gasteiger partial charge is 0.161 e. The van der Waals surface area contributed by atoms with Gasteiger partial charge < -0.3 is 23.8 Å². The third-order valence-corrected chi connectivity index (χ3v) is 8.89. The van der Waals surface area contributed by atoms with Crippen LogP contribution >= 0.6 is 0 Å². The number of allylic oxidation sites excluding steroid dienone is 6. The molecule has 0 aliphatic carbocycles. The monoisotopic (exact) mass is 717 g/mol. The highest BCUT2D eigenvalue weighted by Gasteiger charge is 2.17. The number of anilines is 3. The summed E-state index contributed by atoms with van der Waals surface area (Å²) in [7, 11) is 0. The average molecular weight is 718 g/mol. The summed E-state index contributed by atoms with van der Waals surface area (Å²) in [6.45, 7) is 1.79. The van der Waals surface area contributed by atoms with Crippen LogP contribution in [-0.4, -0.2) is 26.4 Å². The molecule has 0 bridgehead atoms. The van der Waals surface area contributed by atoms with Gasteiger partial charge in [-0.2, -0.15) is 21.0 Å². The molecule has 0 saturated heterocycles. The SMILES string of the molecule is N#CC(C#N)=C(/C=C/c1ccc(N(c2ccccc2)c2ccc(/C=C/C(=C(C#N)C#N)c3ccc4c(c3)OCCO4)cc2)cc1)c1ccc2c(c1)OCCO2. The normalized spacial score (nSPS) is 12.4. The number of hydrogen-bond acceptors (Lipinski definition) is 9. The van der Waals surface area contributed by atoms with Gasteiger partial charge in [0.25, 0.3) is 0 Å². The Morgan fingerprint density at radius 2 is 0.836 bits per heavy atom. The number of rotatable bonds is 9. The lowest BCUT2D eigenvalue weighted by molar-refractivity contribution is 0.171. The molecular weight excluding hydrogens is 687 g/mol. The molecule has 9 heteroatoms. The van der Waals surface area contributed by atoms with Gasteiger partial charge in [0, 0.05) is 28.2 Å². The first-order chi connectivity index (χ1) is 27.1. The molecule has 0 aromatic heterocycles. The summed E-state index contributed by atoms with van der Waals surface area (Å²) in [4.78, 5) is 2.13. The quantitative estimate of drug-likeness (QED) is 0.108. The molecule has 0 atom stereocenters. The van der Waals surface area contributed by atoms with Gasteiger partial charge in [-0.1, -0.05) is 78.9 Å². The van der Waals surface area contributed by atoms with E-state index in [9.17, 15) is 21.0 Å². The van der Waals surface area contributed by atoms with Crippen LogP contribution in [0.5, 0.6) is 23.0 Å². The second-order valence-electron chi connectivity index (χ2n) is 12.3. The first-order valence-corrected chi connectivity index (χ1v) is 17.4. The Labute approximate surface area is 319 Å². The molecule has 0 N–H and O–H groups in total. The third-order valence-electron chi connectivity index (χ3n) is 8.89. The molecule has 0 unspecified atom stereocenters. The lowest BCUT2D eigenvalue weighted by atomic mass is 9.98. The number of ether oxygens (including phenoxy) is 4. The average Bonchev–Trinajstić information content (AvgIpc) is 3.25. The van der Waals surface area contributed by atoms with E-state index in [0.29, 0.717) is 71.7 Å². The van der Waals surface area contributed by atoms with Gasteiger partial charge in [-0.05, 0) is 82.9 Å². The molecule has 2 aliphatic rings. The van der Waals surface area contributed by atoms with Crippen molar-refractivity contribution in [3.63, 3.8) is 0 Å². The minimum absolute atomic E-state index is 0.00999. The van der Waals surface area contributed by atoms with E-state index in [1.165, 1.54) is 0 Å². The highest BCUT2D eigenvalue weighted by atomic mass is 16.6. The standard InChI is InChI=1S/C46H31N5O4/c47-28-36(29-48)41(34-12-20-43-45(26-34)54-24-22-52-43)18-10-32-6-14-39(15-7-32)51(38-4-2-1-3-5-38)40-16-8-33(9-17-40)11-19-42(37(30-49)31-50)35-13-21-44-46(27-35)55-25-23-53-44/h1-21,26-27H,22-25H2/b18-10+,19-11+. The Balaban J connectivity index is 1.15. The van der Waals surface area contributed by atoms with Crippen molar-refractivity contribution in [3.05, 3.63) is 161 Å². The summed E-state index contributed by atoms with van der Waals surface area (Å²) in [6, 6.07) is 44.8. The number of benzene rings is 5. The van der Waals surface area contributed by atoms with E-state index in [2.05, 4.69) is 4.90 Å². The summed E-state index contributed by atoms with van der Waals surface area (Å²) in [5.41, 5.74) is 6.84. The molecular formula is C46H31N5O4. The molecule has 0 radical (unpaired) electrons. The summed E-state index contributed by atoms with van der Waals surface area (Å²) in [5, 5.41) is 39.0. The van der Waals surface area contributed by atoms with Crippen LogP contribution in [0.25, 0.3) is 23.3 Å². The number of hydrogen-bond donors (Lipinski definition) is 0. The van der Waals surface area contributed by atoms with Gasteiger partial charge in [0.1, 0.15) is 61.9 Å². The lowest BCUT2D eigenvalue weighted by Crippen LogP contribution is -2.15. The van der Waals surface area contributed by atoms with Crippen molar-refractivity contribution in [2.24, 2.45) is 0 Å².